The Kier molecular flexibility index (Phi) is 17.8. The van der Waals surface area contributed by atoms with Gasteiger partial charge in [-0.3, -0.25) is 4.79 Å². The number of aliphatic hydroxyl groups is 1. The number of allylic oxidation sites excluding steroid dienone is 1. The van der Waals surface area contributed by atoms with E-state index in [0.29, 0.717) is 33.8 Å². The number of aliphatic hydroxyl groups excluding tert-OH is 1. The number of benzene rings is 2. The molecule has 0 fully saturated rings. The molecule has 1 heterocycles. The molecule has 0 saturated heterocycles. The van der Waals surface area contributed by atoms with E-state index in [1.165, 1.54) is 19.0 Å². The molecule has 0 saturated carbocycles. The van der Waals surface area contributed by atoms with E-state index < -0.39 is 0 Å². The van der Waals surface area contributed by atoms with Crippen molar-refractivity contribution in [1.29, 1.82) is 0 Å². The van der Waals surface area contributed by atoms with Crippen LogP contribution in [0.1, 0.15) is 95.1 Å². The summed E-state index contributed by atoms with van der Waals surface area (Å²) in [7, 11) is 1.62. The summed E-state index contributed by atoms with van der Waals surface area (Å²) in [6, 6.07) is 11.9. The molecule has 0 radical (unpaired) electrons. The highest BCUT2D eigenvalue weighted by atomic mass is 35.5. The molecule has 2 atom stereocenters. The van der Waals surface area contributed by atoms with Crippen LogP contribution in [0.25, 0.3) is 5.57 Å². The molecule has 2 aromatic carbocycles. The van der Waals surface area contributed by atoms with Crippen LogP contribution in [0, 0.1) is 12.8 Å². The molecule has 1 aromatic heterocycles. The minimum atomic E-state index is -0.201. The summed E-state index contributed by atoms with van der Waals surface area (Å²) in [6.45, 7) is 16.7. The van der Waals surface area contributed by atoms with Gasteiger partial charge >= 0.3 is 0 Å². The van der Waals surface area contributed by atoms with Crippen molar-refractivity contribution < 1.29 is 19.4 Å². The van der Waals surface area contributed by atoms with Gasteiger partial charge in [0.2, 0.25) is 5.95 Å². The Balaban J connectivity index is 0.000000940. The Morgan fingerprint density at radius 1 is 1.10 bits per heavy atom. The van der Waals surface area contributed by atoms with Crippen molar-refractivity contribution in [2.24, 2.45) is 5.92 Å². The zero-order valence-electron chi connectivity index (χ0n) is 30.3. The Labute approximate surface area is 297 Å². The number of carbonyl (C=O) groups is 2. The fraction of sp³-hybridized carbons (Fsp3) is 0.474. The second-order valence-electron chi connectivity index (χ2n) is 12.7. The molecule has 49 heavy (non-hydrogen) atoms. The van der Waals surface area contributed by atoms with Gasteiger partial charge in [0.25, 0.3) is 5.91 Å². The largest absolute Gasteiger partial charge is 0.489 e. The first-order valence-corrected chi connectivity index (χ1v) is 17.4. The molecular formula is C38H55ClN6O4. The smallest absolute Gasteiger partial charge is 0.251 e. The first-order valence-electron chi connectivity index (χ1n) is 17.0. The number of rotatable bonds is 13. The summed E-state index contributed by atoms with van der Waals surface area (Å²) >= 11 is 6.42. The van der Waals surface area contributed by atoms with Gasteiger partial charge in [0.05, 0.1) is 24.6 Å². The number of hydrogen-bond acceptors (Lipinski definition) is 9. The zero-order chi connectivity index (χ0) is 36.5. The standard InChI is InChI=1S/C31H39ClN6O3.C6H14.CH2O/c1-18(2)41-28-15-23(21-10-12-22(13-11-21)35-20(4)17-39)24(30(40)33-5)14-27(28)37-31-34-16-25(32)29(38-31)36-26-9-7-6-8-19(26)3;1-4-5-6(2)3;1-2/h6-10,14-16,18,20,22,35,39H,11-13,17H2,1-5H3,(H,33,40)(H2,34,36,37,38);6H,4-5H2,1-3H3;1H2. The molecule has 10 nitrogen and oxygen atoms in total. The SMILES string of the molecule is C=O.CCCC(C)C.CNC(=O)c1cc(Nc2ncc(Cl)c(Nc3ccccc3C)n2)c(OC(C)C)cc1C1=CCC(NC(C)CO)CC1. The Morgan fingerprint density at radius 2 is 1.82 bits per heavy atom. The van der Waals surface area contributed by atoms with E-state index >= 15 is 0 Å². The fourth-order valence-electron chi connectivity index (χ4n) is 5.36. The van der Waals surface area contributed by atoms with Crippen LogP contribution in [0.3, 0.4) is 0 Å². The zero-order valence-corrected chi connectivity index (χ0v) is 31.1. The number of anilines is 4. The van der Waals surface area contributed by atoms with Crippen molar-refractivity contribution in [2.45, 2.75) is 98.8 Å². The van der Waals surface area contributed by atoms with Crippen molar-refractivity contribution in [3.8, 4) is 5.75 Å². The second-order valence-corrected chi connectivity index (χ2v) is 13.1. The van der Waals surface area contributed by atoms with Crippen LogP contribution in [0.2, 0.25) is 5.02 Å². The maximum absolute atomic E-state index is 13.1. The summed E-state index contributed by atoms with van der Waals surface area (Å²) in [5, 5.41) is 22.5. The minimum Gasteiger partial charge on any atom is -0.489 e. The van der Waals surface area contributed by atoms with Crippen molar-refractivity contribution in [3.63, 3.8) is 0 Å². The molecule has 2 unspecified atom stereocenters. The summed E-state index contributed by atoms with van der Waals surface area (Å²) in [6.07, 6.45) is 8.81. The van der Waals surface area contributed by atoms with Crippen LogP contribution in [0.5, 0.6) is 5.75 Å². The van der Waals surface area contributed by atoms with Gasteiger partial charge in [0.15, 0.2) is 5.82 Å². The van der Waals surface area contributed by atoms with E-state index in [4.69, 9.17) is 21.1 Å². The van der Waals surface area contributed by atoms with E-state index in [-0.39, 0.29) is 30.7 Å². The van der Waals surface area contributed by atoms with Gasteiger partial charge in [-0.15, -0.1) is 0 Å². The fourth-order valence-corrected chi connectivity index (χ4v) is 5.49. The quantitative estimate of drug-likeness (QED) is 0.120. The number of nitrogens with one attached hydrogen (secondary N) is 4. The van der Waals surface area contributed by atoms with E-state index in [9.17, 15) is 9.90 Å². The average molecular weight is 695 g/mol. The van der Waals surface area contributed by atoms with E-state index in [1.54, 1.807) is 13.1 Å². The van der Waals surface area contributed by atoms with Crippen LogP contribution in [-0.4, -0.2) is 59.6 Å². The molecule has 0 bridgehead atoms. The lowest BCUT2D eigenvalue weighted by atomic mass is 9.87. The van der Waals surface area contributed by atoms with Crippen LogP contribution < -0.4 is 26.0 Å². The molecule has 0 aliphatic heterocycles. The van der Waals surface area contributed by atoms with Gasteiger partial charge in [-0.25, -0.2) is 4.98 Å². The van der Waals surface area contributed by atoms with Crippen LogP contribution in [0.4, 0.5) is 23.1 Å². The van der Waals surface area contributed by atoms with E-state index in [0.717, 1.165) is 47.6 Å². The number of para-hydroxylation sites is 1. The molecule has 1 aliphatic rings. The third-order valence-electron chi connectivity index (χ3n) is 7.76. The third kappa shape index (κ3) is 13.1. The number of aryl methyl sites for hydroxylation is 1. The molecule has 1 aliphatic carbocycles. The first kappa shape index (κ1) is 41.2. The van der Waals surface area contributed by atoms with Crippen LogP contribution in [-0.2, 0) is 4.79 Å². The molecule has 5 N–H and O–H groups in total. The number of nitrogens with zero attached hydrogens (tertiary/aromatic N) is 2. The van der Waals surface area contributed by atoms with Crippen molar-refractivity contribution in [3.05, 3.63) is 70.4 Å². The molecule has 0 spiro atoms. The molecule has 4 rings (SSSR count). The van der Waals surface area contributed by atoms with Crippen LogP contribution in [0.15, 0.2) is 48.7 Å². The lowest BCUT2D eigenvalue weighted by Crippen LogP contribution is -2.39. The highest BCUT2D eigenvalue weighted by molar-refractivity contribution is 6.32. The number of halogens is 1. The summed E-state index contributed by atoms with van der Waals surface area (Å²) in [5.41, 5.74) is 4.96. The number of hydrogen-bond donors (Lipinski definition) is 5. The second kappa shape index (κ2) is 21.2. The lowest BCUT2D eigenvalue weighted by Gasteiger charge is -2.27. The van der Waals surface area contributed by atoms with Crippen molar-refractivity contribution in [1.82, 2.24) is 20.6 Å². The predicted molar refractivity (Wildman–Crippen MR) is 203 cm³/mol. The minimum absolute atomic E-state index is 0.0373. The van der Waals surface area contributed by atoms with E-state index in [1.807, 2.05) is 64.8 Å². The van der Waals surface area contributed by atoms with Gasteiger partial charge in [-0.05, 0) is 87.8 Å². The van der Waals surface area contributed by atoms with Crippen LogP contribution >= 0.6 is 11.6 Å². The van der Waals surface area contributed by atoms with Gasteiger partial charge < -0.3 is 35.9 Å². The van der Waals surface area contributed by atoms with Gasteiger partial charge in [0, 0.05) is 30.4 Å². The number of ether oxygens (including phenoxy) is 1. The van der Waals surface area contributed by atoms with Gasteiger partial charge in [-0.1, -0.05) is 69.5 Å². The molecule has 268 valence electrons. The molecular weight excluding hydrogens is 640 g/mol. The summed E-state index contributed by atoms with van der Waals surface area (Å²) in [4.78, 5) is 30.1. The normalized spacial score (nSPS) is 14.4. The number of aromatic nitrogens is 2. The Morgan fingerprint density at radius 3 is 2.37 bits per heavy atom. The third-order valence-corrected chi connectivity index (χ3v) is 8.04. The maximum Gasteiger partial charge on any atom is 0.251 e. The first-order chi connectivity index (χ1) is 23.4. The van der Waals surface area contributed by atoms with Gasteiger partial charge in [0.1, 0.15) is 17.6 Å². The summed E-state index contributed by atoms with van der Waals surface area (Å²) in [5.74, 6) is 2.05. The maximum atomic E-state index is 13.1. The molecule has 3 aromatic rings. The molecule has 1 amide bonds. The van der Waals surface area contributed by atoms with E-state index in [2.05, 4.69) is 58.1 Å². The highest BCUT2D eigenvalue weighted by Crippen LogP contribution is 2.38. The molecule has 11 heteroatoms. The predicted octanol–water partition coefficient (Wildman–Crippen LogP) is 8.24. The Hall–Kier alpha value is -3.99. The summed E-state index contributed by atoms with van der Waals surface area (Å²) < 4.78 is 6.21. The highest BCUT2D eigenvalue weighted by Gasteiger charge is 2.23. The average Bonchev–Trinajstić information content (AvgIpc) is 3.08. The number of amides is 1. The van der Waals surface area contributed by atoms with Crippen molar-refractivity contribution >= 4 is 53.0 Å². The Bertz CT molecular complexity index is 1510. The lowest BCUT2D eigenvalue weighted by molar-refractivity contribution is -0.0980. The number of carbonyl (C=O) groups excluding carboxylic acids is 2. The van der Waals surface area contributed by atoms with Gasteiger partial charge in [-0.2, -0.15) is 4.98 Å². The van der Waals surface area contributed by atoms with Crippen molar-refractivity contribution in [2.75, 3.05) is 24.3 Å². The monoisotopic (exact) mass is 694 g/mol. The topological polar surface area (TPSA) is 138 Å².